The van der Waals surface area contributed by atoms with E-state index in [0.717, 1.165) is 21.0 Å². The first kappa shape index (κ1) is 30.2. The maximum Gasteiger partial charge on any atom is 0.264 e. The van der Waals surface area contributed by atoms with Crippen molar-refractivity contribution < 1.29 is 18.0 Å². The highest BCUT2D eigenvalue weighted by molar-refractivity contribution is 7.92. The van der Waals surface area contributed by atoms with Crippen molar-refractivity contribution >= 4 is 39.1 Å². The third kappa shape index (κ3) is 7.40. The first-order valence-corrected chi connectivity index (χ1v) is 14.6. The number of benzene rings is 3. The molecule has 208 valence electrons. The van der Waals surface area contributed by atoms with E-state index in [1.165, 1.54) is 17.0 Å². The molecule has 0 saturated carbocycles. The van der Waals surface area contributed by atoms with E-state index in [-0.39, 0.29) is 23.4 Å². The van der Waals surface area contributed by atoms with Crippen molar-refractivity contribution in [2.24, 2.45) is 0 Å². The summed E-state index contributed by atoms with van der Waals surface area (Å²) in [6.07, 6.45) is 0. The fourth-order valence-electron chi connectivity index (χ4n) is 4.04. The minimum atomic E-state index is -4.12. The second-order valence-corrected chi connectivity index (χ2v) is 12.3. The van der Waals surface area contributed by atoms with Crippen molar-refractivity contribution in [3.63, 3.8) is 0 Å². The summed E-state index contributed by atoms with van der Waals surface area (Å²) in [6, 6.07) is 17.8. The number of halogens is 1. The molecule has 0 aliphatic carbocycles. The molecule has 1 atom stereocenters. The van der Waals surface area contributed by atoms with Gasteiger partial charge in [0.2, 0.25) is 11.8 Å². The number of nitrogens with zero attached hydrogens (tertiary/aromatic N) is 2. The zero-order chi connectivity index (χ0) is 28.9. The van der Waals surface area contributed by atoms with E-state index in [4.69, 9.17) is 11.6 Å². The maximum atomic E-state index is 14.0. The van der Waals surface area contributed by atoms with E-state index >= 15 is 0 Å². The molecule has 0 unspecified atom stereocenters. The Bertz CT molecular complexity index is 1440. The van der Waals surface area contributed by atoms with E-state index in [1.54, 1.807) is 55.5 Å². The summed E-state index contributed by atoms with van der Waals surface area (Å²) in [6.45, 7) is 10.5. The van der Waals surface area contributed by atoms with Gasteiger partial charge in [0, 0.05) is 17.6 Å². The lowest BCUT2D eigenvalue weighted by Crippen LogP contribution is -2.52. The molecule has 0 heterocycles. The van der Waals surface area contributed by atoms with Crippen molar-refractivity contribution in [2.75, 3.05) is 10.8 Å². The highest BCUT2D eigenvalue weighted by atomic mass is 35.5. The minimum absolute atomic E-state index is 0.0382. The van der Waals surface area contributed by atoms with Crippen molar-refractivity contribution in [1.82, 2.24) is 10.2 Å². The maximum absolute atomic E-state index is 14.0. The molecule has 3 rings (SSSR count). The van der Waals surface area contributed by atoms with Crippen LogP contribution >= 0.6 is 11.6 Å². The van der Waals surface area contributed by atoms with Crippen molar-refractivity contribution in [3.05, 3.63) is 94.0 Å². The van der Waals surface area contributed by atoms with Gasteiger partial charge < -0.3 is 10.2 Å². The number of hydrogen-bond acceptors (Lipinski definition) is 4. The Kier molecular flexibility index (Phi) is 9.80. The number of carbonyl (C=O) groups is 2. The summed E-state index contributed by atoms with van der Waals surface area (Å²) in [5.41, 5.74) is 3.82. The lowest BCUT2D eigenvalue weighted by Gasteiger charge is -2.32. The van der Waals surface area contributed by atoms with Crippen LogP contribution in [0.1, 0.15) is 43.0 Å². The number of amides is 2. The van der Waals surface area contributed by atoms with Crippen LogP contribution in [0.25, 0.3) is 0 Å². The van der Waals surface area contributed by atoms with Crippen molar-refractivity contribution in [2.45, 2.75) is 65.1 Å². The van der Waals surface area contributed by atoms with Gasteiger partial charge in [-0.05, 0) is 88.6 Å². The highest BCUT2D eigenvalue weighted by Gasteiger charge is 2.33. The van der Waals surface area contributed by atoms with E-state index in [9.17, 15) is 18.0 Å². The summed E-state index contributed by atoms with van der Waals surface area (Å²) >= 11 is 6.40. The Morgan fingerprint density at radius 1 is 0.897 bits per heavy atom. The van der Waals surface area contributed by atoms with Crippen molar-refractivity contribution in [3.8, 4) is 0 Å². The summed E-state index contributed by atoms with van der Waals surface area (Å²) < 4.78 is 28.9. The Morgan fingerprint density at radius 3 is 2.13 bits per heavy atom. The van der Waals surface area contributed by atoms with Crippen LogP contribution in [-0.4, -0.2) is 43.8 Å². The van der Waals surface area contributed by atoms with E-state index in [1.807, 2.05) is 40.7 Å². The normalized spacial score (nSPS) is 12.2. The molecular formula is C30H36ClN3O4S. The molecule has 3 aromatic carbocycles. The highest BCUT2D eigenvalue weighted by Crippen LogP contribution is 2.27. The average molecular weight is 570 g/mol. The van der Waals surface area contributed by atoms with E-state index < -0.39 is 28.5 Å². The molecule has 39 heavy (non-hydrogen) atoms. The molecule has 7 nitrogen and oxygen atoms in total. The molecule has 1 N–H and O–H groups in total. The first-order chi connectivity index (χ1) is 18.3. The minimum Gasteiger partial charge on any atom is -0.352 e. The van der Waals surface area contributed by atoms with Crippen LogP contribution in [0.2, 0.25) is 5.02 Å². The molecule has 9 heteroatoms. The van der Waals surface area contributed by atoms with Gasteiger partial charge in [0.25, 0.3) is 10.0 Å². The predicted molar refractivity (Wildman–Crippen MR) is 156 cm³/mol. The van der Waals surface area contributed by atoms with Crippen LogP contribution in [0.4, 0.5) is 5.69 Å². The molecule has 0 aliphatic heterocycles. The number of rotatable bonds is 10. The quantitative estimate of drug-likeness (QED) is 0.354. The molecule has 0 aromatic heterocycles. The second-order valence-electron chi connectivity index (χ2n) is 10.0. The van der Waals surface area contributed by atoms with Gasteiger partial charge in [0.1, 0.15) is 12.6 Å². The van der Waals surface area contributed by atoms with E-state index in [2.05, 4.69) is 5.32 Å². The third-order valence-electron chi connectivity index (χ3n) is 6.56. The topological polar surface area (TPSA) is 86.8 Å². The second kappa shape index (κ2) is 12.7. The zero-order valence-corrected chi connectivity index (χ0v) is 24.8. The Labute approximate surface area is 236 Å². The smallest absolute Gasteiger partial charge is 0.264 e. The SMILES string of the molecule is Cc1ccc(S(=O)(=O)N(CC(=O)N(Cc2ccccc2Cl)[C@@H](C)C(=O)NC(C)C)c2ccc(C)c(C)c2)cc1. The number of anilines is 1. The van der Waals surface area contributed by atoms with Gasteiger partial charge in [-0.3, -0.25) is 13.9 Å². The number of hydrogen-bond donors (Lipinski definition) is 1. The largest absolute Gasteiger partial charge is 0.352 e. The van der Waals surface area contributed by atoms with Crippen LogP contribution in [0.3, 0.4) is 0 Å². The number of carbonyl (C=O) groups excluding carboxylic acids is 2. The molecule has 0 radical (unpaired) electrons. The average Bonchev–Trinajstić information content (AvgIpc) is 2.87. The molecule has 3 aromatic rings. The van der Waals surface area contributed by atoms with Crippen LogP contribution in [0, 0.1) is 20.8 Å². The zero-order valence-electron chi connectivity index (χ0n) is 23.2. The van der Waals surface area contributed by atoms with Crippen LogP contribution in [0.15, 0.2) is 71.6 Å². The standard InChI is InChI=1S/C30H36ClN3O4S/c1-20(2)32-30(36)24(6)33(18-25-9-7-8-10-28(25)31)29(35)19-34(26-14-13-22(4)23(5)17-26)39(37,38)27-15-11-21(3)12-16-27/h7-17,20,24H,18-19H2,1-6H3,(H,32,36)/t24-/m0/s1. The van der Waals surface area contributed by atoms with Gasteiger partial charge in [-0.1, -0.05) is 53.6 Å². The third-order valence-corrected chi connectivity index (χ3v) is 8.72. The number of sulfonamides is 1. The Hall–Kier alpha value is -3.36. The van der Waals surface area contributed by atoms with Gasteiger partial charge in [-0.25, -0.2) is 8.42 Å². The molecule has 0 fully saturated rings. The fraction of sp³-hybridized carbons (Fsp3) is 0.333. The lowest BCUT2D eigenvalue weighted by atomic mass is 10.1. The molecule has 0 bridgehead atoms. The summed E-state index contributed by atoms with van der Waals surface area (Å²) in [5.74, 6) is -0.875. The van der Waals surface area contributed by atoms with Gasteiger partial charge in [-0.15, -0.1) is 0 Å². The van der Waals surface area contributed by atoms with Crippen LogP contribution in [0.5, 0.6) is 0 Å². The molecule has 2 amide bonds. The Morgan fingerprint density at radius 2 is 1.54 bits per heavy atom. The lowest BCUT2D eigenvalue weighted by molar-refractivity contribution is -0.139. The summed E-state index contributed by atoms with van der Waals surface area (Å²) in [5, 5.41) is 3.29. The first-order valence-electron chi connectivity index (χ1n) is 12.8. The van der Waals surface area contributed by atoms with Gasteiger partial charge in [0.15, 0.2) is 0 Å². The predicted octanol–water partition coefficient (Wildman–Crippen LogP) is 5.40. The summed E-state index contributed by atoms with van der Waals surface area (Å²) in [4.78, 5) is 28.4. The number of aryl methyl sites for hydroxylation is 3. The van der Waals surface area contributed by atoms with Gasteiger partial charge >= 0.3 is 0 Å². The molecule has 0 spiro atoms. The van der Waals surface area contributed by atoms with Crippen molar-refractivity contribution in [1.29, 1.82) is 0 Å². The monoisotopic (exact) mass is 569 g/mol. The van der Waals surface area contributed by atoms with E-state index in [0.29, 0.717) is 16.3 Å². The molecular weight excluding hydrogens is 534 g/mol. The molecule has 0 saturated heterocycles. The van der Waals surface area contributed by atoms with Crippen LogP contribution in [-0.2, 0) is 26.2 Å². The fourth-order valence-corrected chi connectivity index (χ4v) is 5.65. The van der Waals surface area contributed by atoms with Gasteiger partial charge in [-0.2, -0.15) is 0 Å². The summed E-state index contributed by atoms with van der Waals surface area (Å²) in [7, 11) is -4.12. The van der Waals surface area contributed by atoms with Gasteiger partial charge in [0.05, 0.1) is 10.6 Å². The number of nitrogens with one attached hydrogen (secondary N) is 1. The Balaban J connectivity index is 2.07. The van der Waals surface area contributed by atoms with Crippen LogP contribution < -0.4 is 9.62 Å². The molecule has 0 aliphatic rings.